The number of carbonyl (C=O) groups is 2. The van der Waals surface area contributed by atoms with Gasteiger partial charge in [0.2, 0.25) is 0 Å². The van der Waals surface area contributed by atoms with E-state index < -0.39 is 35.4 Å². The van der Waals surface area contributed by atoms with Crippen LogP contribution in [0.4, 0.5) is 0 Å². The topological polar surface area (TPSA) is 94.1 Å². The minimum absolute atomic E-state index is 0.268. The molecular weight excluding hydrogens is 350 g/mol. The number of hydrogen-bond acceptors (Lipinski definition) is 6. The smallest absolute Gasteiger partial charge is 0.331 e. The molecule has 4 atom stereocenters. The summed E-state index contributed by atoms with van der Waals surface area (Å²) in [4.78, 5) is 25.7. The zero-order chi connectivity index (χ0) is 19.7. The van der Waals surface area contributed by atoms with Gasteiger partial charge in [-0.1, -0.05) is 18.2 Å². The Morgan fingerprint density at radius 3 is 2.56 bits per heavy atom. The predicted octanol–water partition coefficient (Wildman–Crippen LogP) is 1.64. The monoisotopic (exact) mass is 377 g/mol. The molecule has 1 aliphatic carbocycles. The van der Waals surface area contributed by atoms with Crippen molar-refractivity contribution in [3.05, 3.63) is 35.9 Å². The van der Waals surface area contributed by atoms with Gasteiger partial charge in [-0.05, 0) is 45.2 Å². The van der Waals surface area contributed by atoms with Crippen molar-refractivity contribution in [2.75, 3.05) is 13.7 Å². The molecule has 1 heterocycles. The minimum atomic E-state index is -1.28. The van der Waals surface area contributed by atoms with Crippen LogP contribution >= 0.6 is 0 Å². The van der Waals surface area contributed by atoms with Gasteiger partial charge < -0.3 is 24.6 Å². The Morgan fingerprint density at radius 2 is 1.96 bits per heavy atom. The fraction of sp³-hybridized carbons (Fsp3) is 0.600. The molecule has 1 saturated heterocycles. The first kappa shape index (κ1) is 19.8. The van der Waals surface area contributed by atoms with Gasteiger partial charge >= 0.3 is 5.97 Å². The molecule has 0 radical (unpaired) electrons. The van der Waals surface area contributed by atoms with Crippen LogP contribution in [0, 0.1) is 5.92 Å². The first-order valence-corrected chi connectivity index (χ1v) is 9.23. The lowest BCUT2D eigenvalue weighted by molar-refractivity contribution is -0.169. The van der Waals surface area contributed by atoms with Crippen molar-refractivity contribution < 1.29 is 28.9 Å². The number of carbonyl (C=O) groups excluding carboxylic acids is 2. The number of aliphatic hydroxyl groups is 1. The molecule has 7 nitrogen and oxygen atoms in total. The molecule has 0 spiro atoms. The van der Waals surface area contributed by atoms with Crippen molar-refractivity contribution in [3.8, 4) is 0 Å². The molecule has 1 aromatic rings. The van der Waals surface area contributed by atoms with Crippen LogP contribution in [0.5, 0.6) is 0 Å². The molecule has 27 heavy (non-hydrogen) atoms. The van der Waals surface area contributed by atoms with Crippen LogP contribution in [0.25, 0.3) is 0 Å². The number of ether oxygens (including phenoxy) is 3. The van der Waals surface area contributed by atoms with Crippen LogP contribution in [0.2, 0.25) is 0 Å². The fourth-order valence-electron chi connectivity index (χ4n) is 4.08. The lowest BCUT2D eigenvalue weighted by Crippen LogP contribution is -2.65. The summed E-state index contributed by atoms with van der Waals surface area (Å²) in [5, 5.41) is 13.2. The normalized spacial score (nSPS) is 32.7. The Labute approximate surface area is 159 Å². The van der Waals surface area contributed by atoms with Crippen LogP contribution in [-0.2, 0) is 19.0 Å². The summed E-state index contributed by atoms with van der Waals surface area (Å²) in [5.41, 5.74) is -0.829. The second kappa shape index (κ2) is 7.58. The van der Waals surface area contributed by atoms with Crippen molar-refractivity contribution in [3.63, 3.8) is 0 Å². The van der Waals surface area contributed by atoms with Gasteiger partial charge in [-0.2, -0.15) is 0 Å². The van der Waals surface area contributed by atoms with E-state index in [4.69, 9.17) is 14.2 Å². The average Bonchev–Trinajstić information content (AvgIpc) is 3.02. The van der Waals surface area contributed by atoms with Crippen LogP contribution in [-0.4, -0.2) is 54.2 Å². The molecule has 0 aromatic heterocycles. The van der Waals surface area contributed by atoms with Gasteiger partial charge in [0.25, 0.3) is 5.91 Å². The number of esters is 1. The maximum absolute atomic E-state index is 12.9. The molecule has 1 amide bonds. The average molecular weight is 377 g/mol. The number of hydrogen-bond donors (Lipinski definition) is 2. The highest BCUT2D eigenvalue weighted by Crippen LogP contribution is 2.42. The third-order valence-electron chi connectivity index (χ3n) is 5.43. The Balaban J connectivity index is 1.94. The Kier molecular flexibility index (Phi) is 5.55. The number of rotatable bonds is 4. The summed E-state index contributed by atoms with van der Waals surface area (Å²) in [7, 11) is 1.30. The summed E-state index contributed by atoms with van der Waals surface area (Å²) in [6, 6.07) is 8.71. The van der Waals surface area contributed by atoms with E-state index in [9.17, 15) is 14.7 Å². The van der Waals surface area contributed by atoms with Gasteiger partial charge in [0, 0.05) is 11.5 Å². The first-order chi connectivity index (χ1) is 12.8. The van der Waals surface area contributed by atoms with Crippen molar-refractivity contribution in [2.45, 2.75) is 56.6 Å². The van der Waals surface area contributed by atoms with E-state index in [1.54, 1.807) is 38.1 Å². The van der Waals surface area contributed by atoms with Crippen molar-refractivity contribution in [2.24, 2.45) is 5.92 Å². The highest BCUT2D eigenvalue weighted by atomic mass is 16.7. The van der Waals surface area contributed by atoms with E-state index in [1.165, 1.54) is 7.11 Å². The first-order valence-electron chi connectivity index (χ1n) is 9.23. The fourth-order valence-corrected chi connectivity index (χ4v) is 4.08. The van der Waals surface area contributed by atoms with Crippen molar-refractivity contribution in [1.82, 2.24) is 5.32 Å². The standard InChI is InChI=1S/C20H27NO6/c1-19(2)26-12-16(27-19)15-11-14(22)9-10-20(15,18(24)25-3)21-17(23)13-7-5-4-6-8-13/h4-8,14-16,22H,9-12H2,1-3H3,(H,21,23)/t14-,15-,16+,20-/m0/s1. The van der Waals surface area contributed by atoms with Crippen molar-refractivity contribution in [1.29, 1.82) is 0 Å². The van der Waals surface area contributed by atoms with E-state index in [0.717, 1.165) is 0 Å². The SMILES string of the molecule is COC(=O)[C@]1(NC(=O)c2ccccc2)CC[C@H](O)C[C@H]1[C@H]1COC(C)(C)O1. The van der Waals surface area contributed by atoms with Gasteiger partial charge in [0.1, 0.15) is 5.54 Å². The lowest BCUT2D eigenvalue weighted by Gasteiger charge is -2.45. The number of aliphatic hydroxyl groups excluding tert-OH is 1. The van der Waals surface area contributed by atoms with Gasteiger partial charge in [-0.15, -0.1) is 0 Å². The van der Waals surface area contributed by atoms with Crippen LogP contribution in [0.15, 0.2) is 30.3 Å². The van der Waals surface area contributed by atoms with Crippen LogP contribution in [0.1, 0.15) is 43.5 Å². The summed E-state index contributed by atoms with van der Waals surface area (Å²) in [6.45, 7) is 3.88. The second-order valence-corrected chi connectivity index (χ2v) is 7.68. The maximum Gasteiger partial charge on any atom is 0.331 e. The van der Waals surface area contributed by atoms with Gasteiger partial charge in [0.05, 0.1) is 25.9 Å². The second-order valence-electron chi connectivity index (χ2n) is 7.68. The summed E-state index contributed by atoms with van der Waals surface area (Å²) in [6.07, 6.45) is -0.0464. The molecule has 1 aromatic carbocycles. The van der Waals surface area contributed by atoms with Gasteiger partial charge in [-0.3, -0.25) is 4.79 Å². The molecule has 1 aliphatic heterocycles. The maximum atomic E-state index is 12.9. The molecule has 0 bridgehead atoms. The third kappa shape index (κ3) is 4.00. The summed E-state index contributed by atoms with van der Waals surface area (Å²) < 4.78 is 16.7. The number of nitrogens with one attached hydrogen (secondary N) is 1. The van der Waals surface area contributed by atoms with Crippen molar-refractivity contribution >= 4 is 11.9 Å². The number of benzene rings is 1. The molecule has 148 valence electrons. The molecular formula is C20H27NO6. The zero-order valence-corrected chi connectivity index (χ0v) is 15.9. The Bertz CT molecular complexity index is 691. The van der Waals surface area contributed by atoms with E-state index >= 15 is 0 Å². The zero-order valence-electron chi connectivity index (χ0n) is 15.9. The van der Waals surface area contributed by atoms with Gasteiger partial charge in [0.15, 0.2) is 5.79 Å². The van der Waals surface area contributed by atoms with Crippen LogP contribution in [0.3, 0.4) is 0 Å². The van der Waals surface area contributed by atoms with E-state index in [2.05, 4.69) is 5.32 Å². The highest BCUT2D eigenvalue weighted by molar-refractivity contribution is 5.98. The molecule has 2 aliphatic rings. The highest BCUT2D eigenvalue weighted by Gasteiger charge is 2.56. The molecule has 0 unspecified atom stereocenters. The molecule has 2 N–H and O–H groups in total. The number of amides is 1. The van der Waals surface area contributed by atoms with E-state index in [1.807, 2.05) is 6.07 Å². The van der Waals surface area contributed by atoms with E-state index in [0.29, 0.717) is 18.4 Å². The predicted molar refractivity (Wildman–Crippen MR) is 96.9 cm³/mol. The Hall–Kier alpha value is -1.96. The van der Waals surface area contributed by atoms with E-state index in [-0.39, 0.29) is 18.9 Å². The number of methoxy groups -OCH3 is 1. The quantitative estimate of drug-likeness (QED) is 0.775. The summed E-state index contributed by atoms with van der Waals surface area (Å²) in [5.74, 6) is -2.14. The summed E-state index contributed by atoms with van der Waals surface area (Å²) >= 11 is 0. The minimum Gasteiger partial charge on any atom is -0.467 e. The third-order valence-corrected chi connectivity index (χ3v) is 5.43. The van der Waals surface area contributed by atoms with Crippen LogP contribution < -0.4 is 5.32 Å². The Morgan fingerprint density at radius 1 is 1.26 bits per heavy atom. The molecule has 7 heteroatoms. The molecule has 1 saturated carbocycles. The largest absolute Gasteiger partial charge is 0.467 e. The van der Waals surface area contributed by atoms with Gasteiger partial charge in [-0.25, -0.2) is 4.79 Å². The lowest BCUT2D eigenvalue weighted by atomic mass is 9.68. The molecule has 2 fully saturated rings. The molecule has 3 rings (SSSR count).